The maximum Gasteiger partial charge on any atom is 0.416 e. The third kappa shape index (κ3) is 3.32. The molecule has 0 fully saturated rings. The monoisotopic (exact) mass is 253 g/mol. The molecule has 0 aliphatic carbocycles. The van der Waals surface area contributed by atoms with E-state index in [0.717, 1.165) is 17.7 Å². The Hall–Kier alpha value is -1.84. The van der Waals surface area contributed by atoms with Crippen LogP contribution in [0.2, 0.25) is 0 Å². The minimum atomic E-state index is -4.35. The molecular weight excluding hydrogens is 239 g/mol. The van der Waals surface area contributed by atoms with Gasteiger partial charge in [0.15, 0.2) is 0 Å². The lowest BCUT2D eigenvalue weighted by atomic mass is 10.0. The molecule has 0 N–H and O–H groups in total. The first-order valence-electron chi connectivity index (χ1n) is 5.38. The highest BCUT2D eigenvalue weighted by atomic mass is 19.4. The second-order valence-corrected chi connectivity index (χ2v) is 3.76. The zero-order chi connectivity index (χ0) is 13.8. The molecule has 1 aromatic rings. The largest absolute Gasteiger partial charge is 0.416 e. The van der Waals surface area contributed by atoms with Crippen molar-refractivity contribution in [1.82, 2.24) is 0 Å². The minimum absolute atomic E-state index is 0.428. The van der Waals surface area contributed by atoms with Crippen molar-refractivity contribution >= 4 is 12.4 Å². The Bertz CT molecular complexity index is 496. The lowest BCUT2D eigenvalue weighted by molar-refractivity contribution is -0.137. The number of benzene rings is 1. The second-order valence-electron chi connectivity index (χ2n) is 3.76. The van der Waals surface area contributed by atoms with E-state index in [1.54, 1.807) is 25.2 Å². The molecular formula is C14H14F3N. The van der Waals surface area contributed by atoms with Crippen LogP contribution in [0.3, 0.4) is 0 Å². The van der Waals surface area contributed by atoms with Gasteiger partial charge in [-0.2, -0.15) is 13.2 Å². The summed E-state index contributed by atoms with van der Waals surface area (Å²) in [5, 5.41) is 0. The number of halogens is 3. The summed E-state index contributed by atoms with van der Waals surface area (Å²) in [5.74, 6) is 0. The topological polar surface area (TPSA) is 12.4 Å². The van der Waals surface area contributed by atoms with E-state index in [2.05, 4.69) is 11.7 Å². The average molecular weight is 253 g/mol. The van der Waals surface area contributed by atoms with Crippen LogP contribution in [0.25, 0.3) is 5.70 Å². The fraction of sp³-hybridized carbons (Fsp3) is 0.214. The molecule has 1 aromatic carbocycles. The van der Waals surface area contributed by atoms with E-state index in [4.69, 9.17) is 0 Å². The van der Waals surface area contributed by atoms with Crippen molar-refractivity contribution in [3.05, 3.63) is 53.1 Å². The van der Waals surface area contributed by atoms with Crippen LogP contribution in [-0.4, -0.2) is 6.72 Å². The molecule has 18 heavy (non-hydrogen) atoms. The van der Waals surface area contributed by atoms with Crippen molar-refractivity contribution in [3.63, 3.8) is 0 Å². The van der Waals surface area contributed by atoms with Gasteiger partial charge in [0.2, 0.25) is 0 Å². The molecule has 0 radical (unpaired) electrons. The number of rotatable bonds is 3. The minimum Gasteiger partial charge on any atom is -0.264 e. The van der Waals surface area contributed by atoms with E-state index < -0.39 is 11.7 Å². The van der Waals surface area contributed by atoms with Crippen LogP contribution < -0.4 is 0 Å². The van der Waals surface area contributed by atoms with E-state index in [9.17, 15) is 13.2 Å². The lowest BCUT2D eigenvalue weighted by Crippen LogP contribution is -2.05. The van der Waals surface area contributed by atoms with Crippen LogP contribution in [0.4, 0.5) is 13.2 Å². The summed E-state index contributed by atoms with van der Waals surface area (Å²) in [7, 11) is 0. The maximum absolute atomic E-state index is 12.6. The normalized spacial score (nSPS) is 13.1. The van der Waals surface area contributed by atoms with Gasteiger partial charge in [0.1, 0.15) is 0 Å². The van der Waals surface area contributed by atoms with Crippen LogP contribution in [0.15, 0.2) is 41.4 Å². The summed E-state index contributed by atoms with van der Waals surface area (Å²) in [5.41, 5.74) is 0.916. The molecule has 0 saturated carbocycles. The molecule has 4 heteroatoms. The fourth-order valence-electron chi connectivity index (χ4n) is 1.49. The fourth-order valence-corrected chi connectivity index (χ4v) is 1.49. The summed E-state index contributed by atoms with van der Waals surface area (Å²) < 4.78 is 37.9. The molecule has 1 nitrogen and oxygen atoms in total. The summed E-state index contributed by atoms with van der Waals surface area (Å²) in [6.07, 6.45) is 0.767. The molecule has 1 rings (SSSR count). The average Bonchev–Trinajstić information content (AvgIpc) is 2.30. The van der Waals surface area contributed by atoms with Gasteiger partial charge >= 0.3 is 6.18 Å². The van der Waals surface area contributed by atoms with Crippen molar-refractivity contribution in [1.29, 1.82) is 0 Å². The molecule has 0 aliphatic rings. The van der Waals surface area contributed by atoms with E-state index in [1.165, 1.54) is 6.07 Å². The Morgan fingerprint density at radius 1 is 1.33 bits per heavy atom. The predicted octanol–water partition coefficient (Wildman–Crippen LogP) is 4.63. The van der Waals surface area contributed by atoms with E-state index in [1.807, 2.05) is 6.92 Å². The van der Waals surface area contributed by atoms with E-state index in [-0.39, 0.29) is 0 Å². The van der Waals surface area contributed by atoms with Gasteiger partial charge in [-0.1, -0.05) is 18.2 Å². The predicted molar refractivity (Wildman–Crippen MR) is 68.5 cm³/mol. The van der Waals surface area contributed by atoms with Gasteiger partial charge < -0.3 is 0 Å². The first-order chi connectivity index (χ1) is 8.40. The molecule has 0 unspecified atom stereocenters. The highest BCUT2D eigenvalue weighted by Crippen LogP contribution is 2.32. The van der Waals surface area contributed by atoms with Crippen LogP contribution in [-0.2, 0) is 6.18 Å². The number of aryl methyl sites for hydroxylation is 1. The van der Waals surface area contributed by atoms with Crippen LogP contribution in [0.5, 0.6) is 0 Å². The third-order valence-electron chi connectivity index (χ3n) is 2.46. The number of hydrogen-bond acceptors (Lipinski definition) is 1. The Labute approximate surface area is 104 Å². The summed E-state index contributed by atoms with van der Waals surface area (Å²) in [4.78, 5) is 3.77. The van der Waals surface area contributed by atoms with Gasteiger partial charge in [-0.3, -0.25) is 4.99 Å². The zero-order valence-electron chi connectivity index (χ0n) is 10.3. The van der Waals surface area contributed by atoms with Gasteiger partial charge in [0.25, 0.3) is 0 Å². The Morgan fingerprint density at radius 3 is 2.50 bits per heavy atom. The molecule has 0 atom stereocenters. The van der Waals surface area contributed by atoms with Gasteiger partial charge in [0, 0.05) is 5.56 Å². The molecule has 0 spiro atoms. The maximum atomic E-state index is 12.6. The standard InChI is InChI=1S/C14H14F3N/c1-4-5-6-13(18-3)12-9-11(14(15,16)17)8-7-10(12)2/h4-9H,3H2,1-2H3/b5-4-,13-6-. The lowest BCUT2D eigenvalue weighted by Gasteiger charge is -2.11. The number of hydrogen-bond donors (Lipinski definition) is 0. The second kappa shape index (κ2) is 5.67. The van der Waals surface area contributed by atoms with Gasteiger partial charge in [-0.25, -0.2) is 0 Å². The highest BCUT2D eigenvalue weighted by molar-refractivity contribution is 5.72. The van der Waals surface area contributed by atoms with Crippen molar-refractivity contribution in [2.75, 3.05) is 0 Å². The van der Waals surface area contributed by atoms with Gasteiger partial charge in [-0.05, 0) is 44.3 Å². The third-order valence-corrected chi connectivity index (χ3v) is 2.46. The molecule has 0 amide bonds. The molecule has 0 bridgehead atoms. The number of alkyl halides is 3. The Kier molecular flexibility index (Phi) is 4.48. The van der Waals surface area contributed by atoms with Gasteiger partial charge in [0.05, 0.1) is 11.3 Å². The first kappa shape index (κ1) is 14.2. The Morgan fingerprint density at radius 2 is 2.00 bits per heavy atom. The first-order valence-corrected chi connectivity index (χ1v) is 5.38. The number of allylic oxidation sites excluding steroid dienone is 3. The van der Waals surface area contributed by atoms with Crippen LogP contribution in [0, 0.1) is 6.92 Å². The molecule has 96 valence electrons. The van der Waals surface area contributed by atoms with Gasteiger partial charge in [-0.15, -0.1) is 0 Å². The Balaban J connectivity index is 3.35. The molecule has 0 heterocycles. The van der Waals surface area contributed by atoms with Crippen molar-refractivity contribution < 1.29 is 13.2 Å². The SMILES string of the molecule is C=N/C(=C\C=C/C)c1cc(C(F)(F)F)ccc1C. The number of nitrogens with zero attached hydrogens (tertiary/aromatic N) is 1. The van der Waals surface area contributed by atoms with Crippen molar-refractivity contribution in [2.45, 2.75) is 20.0 Å². The highest BCUT2D eigenvalue weighted by Gasteiger charge is 2.30. The van der Waals surface area contributed by atoms with E-state index in [0.29, 0.717) is 11.3 Å². The molecule has 0 saturated heterocycles. The van der Waals surface area contributed by atoms with E-state index >= 15 is 0 Å². The van der Waals surface area contributed by atoms with Crippen molar-refractivity contribution in [2.24, 2.45) is 4.99 Å². The summed E-state index contributed by atoms with van der Waals surface area (Å²) in [6.45, 7) is 6.95. The number of aliphatic imine (C=N–C) groups is 1. The summed E-state index contributed by atoms with van der Waals surface area (Å²) >= 11 is 0. The zero-order valence-corrected chi connectivity index (χ0v) is 10.3. The molecule has 0 aromatic heterocycles. The molecule has 0 aliphatic heterocycles. The van der Waals surface area contributed by atoms with Crippen LogP contribution in [0.1, 0.15) is 23.6 Å². The quantitative estimate of drug-likeness (QED) is 0.550. The van der Waals surface area contributed by atoms with Crippen LogP contribution >= 0.6 is 0 Å². The van der Waals surface area contributed by atoms with Crippen molar-refractivity contribution in [3.8, 4) is 0 Å². The smallest absolute Gasteiger partial charge is 0.264 e. The summed E-state index contributed by atoms with van der Waals surface area (Å²) in [6, 6.07) is 3.60.